The number of carbonyl (C=O) groups excluding carboxylic acids is 1. The first-order chi connectivity index (χ1) is 13.8. The van der Waals surface area contributed by atoms with E-state index in [1.807, 2.05) is 28.5 Å². The van der Waals surface area contributed by atoms with Gasteiger partial charge in [0.1, 0.15) is 6.54 Å². The van der Waals surface area contributed by atoms with Crippen LogP contribution < -0.4 is 10.2 Å². The van der Waals surface area contributed by atoms with E-state index in [1.54, 1.807) is 16.6 Å². The van der Waals surface area contributed by atoms with Crippen molar-refractivity contribution in [3.63, 3.8) is 0 Å². The molecule has 6 nitrogen and oxygen atoms in total. The van der Waals surface area contributed by atoms with E-state index >= 15 is 0 Å². The Morgan fingerprint density at radius 1 is 1.31 bits per heavy atom. The maximum absolute atomic E-state index is 12.3. The molecule has 1 saturated heterocycles. The number of imidazole rings is 1. The Bertz CT molecular complexity index is 985. The van der Waals surface area contributed by atoms with Crippen molar-refractivity contribution in [3.8, 4) is 11.3 Å². The van der Waals surface area contributed by atoms with Crippen LogP contribution in [-0.4, -0.2) is 46.3 Å². The number of nitrogens with one attached hydrogen (secondary N) is 1. The fourth-order valence-electron chi connectivity index (χ4n) is 3.27. The molecule has 0 saturated carbocycles. The van der Waals surface area contributed by atoms with E-state index in [2.05, 4.69) is 10.1 Å². The number of amides is 1. The van der Waals surface area contributed by atoms with E-state index in [0.29, 0.717) is 41.0 Å². The predicted octanol–water partition coefficient (Wildman–Crippen LogP) is 4.01. The van der Waals surface area contributed by atoms with Crippen LogP contribution in [0.5, 0.6) is 0 Å². The van der Waals surface area contributed by atoms with Gasteiger partial charge >= 0.3 is 6.18 Å². The van der Waals surface area contributed by atoms with E-state index in [4.69, 9.17) is 11.6 Å². The molecule has 1 amide bonds. The minimum absolute atomic E-state index is 0.338. The molecule has 0 aliphatic carbocycles. The summed E-state index contributed by atoms with van der Waals surface area (Å²) in [6.07, 6.45) is -1.33. The molecule has 0 bridgehead atoms. The lowest BCUT2D eigenvalue weighted by atomic mass is 9.97. The molecule has 0 radical (unpaired) electrons. The second-order valence-corrected chi connectivity index (χ2v) is 8.23. The molecule has 1 unspecified atom stereocenters. The zero-order chi connectivity index (χ0) is 20.6. The van der Waals surface area contributed by atoms with Gasteiger partial charge in [-0.3, -0.25) is 4.79 Å². The molecular weight excluding hydrogens is 427 g/mol. The van der Waals surface area contributed by atoms with Crippen molar-refractivity contribution in [2.45, 2.75) is 19.0 Å². The van der Waals surface area contributed by atoms with Crippen molar-refractivity contribution < 1.29 is 18.0 Å². The van der Waals surface area contributed by atoms with E-state index < -0.39 is 24.5 Å². The number of carbonyl (C=O) groups is 1. The SMILES string of the molecule is O=C(NCC(F)(F)F)C1CCCN(c2nn3cc(-c4ccc(Cl)cc4)nc3s2)C1. The standard InChI is InChI=1S/C18H17ClF3N5OS/c19-13-5-3-11(4-6-13)14-9-27-16(24-14)29-17(25-27)26-7-1-2-12(8-26)15(28)23-10-18(20,21)22/h3-6,9,12H,1-2,7-8,10H2,(H,23,28). The lowest BCUT2D eigenvalue weighted by molar-refractivity contribution is -0.140. The number of hydrogen-bond donors (Lipinski definition) is 1. The van der Waals surface area contributed by atoms with Gasteiger partial charge in [0, 0.05) is 23.7 Å². The molecule has 2 aromatic heterocycles. The largest absolute Gasteiger partial charge is 0.405 e. The van der Waals surface area contributed by atoms with Gasteiger partial charge in [0.25, 0.3) is 0 Å². The summed E-state index contributed by atoms with van der Waals surface area (Å²) in [6.45, 7) is -0.269. The van der Waals surface area contributed by atoms with E-state index in [-0.39, 0.29) is 0 Å². The molecule has 154 valence electrons. The average Bonchev–Trinajstić information content (AvgIpc) is 3.25. The number of aromatic nitrogens is 3. The Kier molecular flexibility index (Phi) is 5.39. The second kappa shape index (κ2) is 7.83. The molecular formula is C18H17ClF3N5OS. The zero-order valence-corrected chi connectivity index (χ0v) is 16.7. The van der Waals surface area contributed by atoms with Crippen LogP contribution in [0.4, 0.5) is 18.3 Å². The first-order valence-corrected chi connectivity index (χ1v) is 10.2. The van der Waals surface area contributed by atoms with Crippen molar-refractivity contribution in [2.75, 3.05) is 24.5 Å². The summed E-state index contributed by atoms with van der Waals surface area (Å²) in [5.74, 6) is -1.06. The minimum atomic E-state index is -4.41. The van der Waals surface area contributed by atoms with Gasteiger partial charge < -0.3 is 10.2 Å². The van der Waals surface area contributed by atoms with Crippen LogP contribution in [0.15, 0.2) is 30.5 Å². The third-order valence-corrected chi connectivity index (χ3v) is 5.93. The summed E-state index contributed by atoms with van der Waals surface area (Å²) in [5, 5.41) is 7.87. The van der Waals surface area contributed by atoms with E-state index in [9.17, 15) is 18.0 Å². The summed E-state index contributed by atoms with van der Waals surface area (Å²) in [4.78, 5) is 19.3. The van der Waals surface area contributed by atoms with Gasteiger partial charge in [-0.1, -0.05) is 35.1 Å². The topological polar surface area (TPSA) is 62.5 Å². The molecule has 1 atom stereocenters. The number of hydrogen-bond acceptors (Lipinski definition) is 5. The lowest BCUT2D eigenvalue weighted by Gasteiger charge is -2.31. The highest BCUT2D eigenvalue weighted by Gasteiger charge is 2.32. The molecule has 1 aliphatic rings. The number of piperidine rings is 1. The highest BCUT2D eigenvalue weighted by atomic mass is 35.5. The highest BCUT2D eigenvalue weighted by molar-refractivity contribution is 7.20. The Hall–Kier alpha value is -2.33. The first-order valence-electron chi connectivity index (χ1n) is 9.00. The molecule has 0 spiro atoms. The predicted molar refractivity (Wildman–Crippen MR) is 105 cm³/mol. The van der Waals surface area contributed by atoms with Gasteiger partial charge in [-0.2, -0.15) is 13.2 Å². The summed E-state index contributed by atoms with van der Waals surface area (Å²) in [7, 11) is 0. The quantitative estimate of drug-likeness (QED) is 0.662. The van der Waals surface area contributed by atoms with Crippen LogP contribution in [0.2, 0.25) is 5.02 Å². The fraction of sp³-hybridized carbons (Fsp3) is 0.389. The minimum Gasteiger partial charge on any atom is -0.347 e. The number of anilines is 1. The second-order valence-electron chi connectivity index (χ2n) is 6.86. The third-order valence-electron chi connectivity index (χ3n) is 4.70. The number of nitrogens with zero attached hydrogens (tertiary/aromatic N) is 4. The molecule has 4 rings (SSSR count). The van der Waals surface area contributed by atoms with Crippen LogP contribution in [0, 0.1) is 5.92 Å². The fourth-order valence-corrected chi connectivity index (χ4v) is 4.32. The van der Waals surface area contributed by atoms with Gasteiger partial charge in [-0.15, -0.1) is 5.10 Å². The lowest BCUT2D eigenvalue weighted by Crippen LogP contribution is -2.45. The number of benzene rings is 1. The molecule has 3 heterocycles. The van der Waals surface area contributed by atoms with Crippen LogP contribution >= 0.6 is 22.9 Å². The Morgan fingerprint density at radius 3 is 2.76 bits per heavy atom. The highest BCUT2D eigenvalue weighted by Crippen LogP contribution is 2.30. The van der Waals surface area contributed by atoms with Crippen molar-refractivity contribution in [1.82, 2.24) is 19.9 Å². The first kappa shape index (κ1) is 20.0. The van der Waals surface area contributed by atoms with Crippen LogP contribution in [0.25, 0.3) is 16.2 Å². The van der Waals surface area contributed by atoms with Crippen molar-refractivity contribution in [3.05, 3.63) is 35.5 Å². The molecule has 11 heteroatoms. The number of rotatable bonds is 4. The summed E-state index contributed by atoms with van der Waals surface area (Å²) >= 11 is 7.30. The van der Waals surface area contributed by atoms with Crippen LogP contribution in [0.1, 0.15) is 12.8 Å². The van der Waals surface area contributed by atoms with Gasteiger partial charge in [-0.25, -0.2) is 9.50 Å². The maximum Gasteiger partial charge on any atom is 0.405 e. The summed E-state index contributed by atoms with van der Waals surface area (Å²) in [5.41, 5.74) is 1.70. The molecule has 3 aromatic rings. The van der Waals surface area contributed by atoms with E-state index in [1.165, 1.54) is 11.3 Å². The van der Waals surface area contributed by atoms with Crippen molar-refractivity contribution in [1.29, 1.82) is 0 Å². The number of halogens is 4. The normalized spacial score (nSPS) is 17.7. The molecule has 1 N–H and O–H groups in total. The molecule has 1 aliphatic heterocycles. The monoisotopic (exact) mass is 443 g/mol. The summed E-state index contributed by atoms with van der Waals surface area (Å²) in [6, 6.07) is 7.34. The van der Waals surface area contributed by atoms with Crippen LogP contribution in [0.3, 0.4) is 0 Å². The molecule has 29 heavy (non-hydrogen) atoms. The Morgan fingerprint density at radius 2 is 2.07 bits per heavy atom. The van der Waals surface area contributed by atoms with Crippen molar-refractivity contribution in [2.24, 2.45) is 5.92 Å². The zero-order valence-electron chi connectivity index (χ0n) is 15.1. The van der Waals surface area contributed by atoms with Crippen molar-refractivity contribution >= 4 is 38.9 Å². The Balaban J connectivity index is 1.46. The van der Waals surface area contributed by atoms with Gasteiger partial charge in [-0.05, 0) is 25.0 Å². The average molecular weight is 444 g/mol. The maximum atomic E-state index is 12.3. The third kappa shape index (κ3) is 4.64. The Labute approximate surface area is 173 Å². The van der Waals surface area contributed by atoms with Crippen LogP contribution in [-0.2, 0) is 4.79 Å². The van der Waals surface area contributed by atoms with Gasteiger partial charge in [0.2, 0.25) is 16.0 Å². The molecule has 1 fully saturated rings. The molecule has 1 aromatic carbocycles. The van der Waals surface area contributed by atoms with Gasteiger partial charge in [0.05, 0.1) is 17.8 Å². The summed E-state index contributed by atoms with van der Waals surface area (Å²) < 4.78 is 38.7. The number of fused-ring (bicyclic) bond motifs is 1. The smallest absolute Gasteiger partial charge is 0.347 e. The van der Waals surface area contributed by atoms with E-state index in [0.717, 1.165) is 11.3 Å². The number of alkyl halides is 3. The van der Waals surface area contributed by atoms with Gasteiger partial charge in [0.15, 0.2) is 0 Å².